The van der Waals surface area contributed by atoms with E-state index in [2.05, 4.69) is 136 Å². The van der Waals surface area contributed by atoms with Crippen molar-refractivity contribution in [2.45, 2.75) is 23.6 Å². The van der Waals surface area contributed by atoms with Gasteiger partial charge in [0.2, 0.25) is 22.7 Å². The lowest BCUT2D eigenvalue weighted by Gasteiger charge is -2.17. The Morgan fingerprint density at radius 1 is 0.378 bits per heavy atom. The van der Waals surface area contributed by atoms with E-state index in [0.29, 0.717) is 38.2 Å². The molecule has 0 saturated heterocycles. The summed E-state index contributed by atoms with van der Waals surface area (Å²) in [6.45, 7) is 5.62. The van der Waals surface area contributed by atoms with Crippen LogP contribution in [-0.2, 0) is 0 Å². The summed E-state index contributed by atoms with van der Waals surface area (Å²) in [6.07, 6.45) is 8.40. The number of hydrogen-bond acceptors (Lipinski definition) is 7. The maximum absolute atomic E-state index is 11.6. The molecule has 11 heteroatoms. The van der Waals surface area contributed by atoms with Crippen LogP contribution < -0.4 is 23.7 Å². The highest BCUT2D eigenvalue weighted by molar-refractivity contribution is 7.99. The van der Waals surface area contributed by atoms with Crippen LogP contribution in [0.25, 0.3) is 0 Å². The molecule has 0 bridgehead atoms. The van der Waals surface area contributed by atoms with Gasteiger partial charge in [0.05, 0.1) is 32.7 Å². The Bertz CT molecular complexity index is 3810. The molecule has 0 amide bonds. The second kappa shape index (κ2) is 26.2. The van der Waals surface area contributed by atoms with Gasteiger partial charge in [-0.3, -0.25) is 4.79 Å². The molecule has 10 aromatic rings. The maximum atomic E-state index is 11.6. The first-order valence-electron chi connectivity index (χ1n) is 27.0. The van der Waals surface area contributed by atoms with Crippen LogP contribution in [0.15, 0.2) is 265 Å². The predicted octanol–water partition coefficient (Wildman–Crippen LogP) is 15.7. The number of ether oxygens (including phenoxy) is 5. The predicted molar refractivity (Wildman–Crippen MR) is 326 cm³/mol. The van der Waals surface area contributed by atoms with Gasteiger partial charge in [-0.15, -0.1) is 0 Å². The average molecular weight is 1100 g/mol. The van der Waals surface area contributed by atoms with E-state index in [0.717, 1.165) is 78.6 Å². The number of para-hydroxylation sites is 9. The molecule has 82 heavy (non-hydrogen) atoms. The molecule has 0 N–H and O–H groups in total. The first-order valence-corrected chi connectivity index (χ1v) is 27.8. The van der Waals surface area contributed by atoms with Gasteiger partial charge in [0.1, 0.15) is 11.5 Å². The molecule has 0 spiro atoms. The van der Waals surface area contributed by atoms with Gasteiger partial charge < -0.3 is 23.7 Å². The van der Waals surface area contributed by atoms with Crippen molar-refractivity contribution in [1.82, 2.24) is 0 Å². The van der Waals surface area contributed by atoms with Crippen molar-refractivity contribution in [1.29, 1.82) is 0 Å². The minimum absolute atomic E-state index is 0.0263. The van der Waals surface area contributed by atoms with E-state index in [4.69, 9.17) is 23.7 Å². The molecular formula is C71H60N4O6S+4. The van der Waals surface area contributed by atoms with Gasteiger partial charge in [-0.05, 0) is 86.1 Å². The Kier molecular flexibility index (Phi) is 17.2. The van der Waals surface area contributed by atoms with E-state index < -0.39 is 0 Å². The third kappa shape index (κ3) is 13.3. The average Bonchev–Trinajstić information content (AvgIpc) is 3.73. The van der Waals surface area contributed by atoms with Gasteiger partial charge in [-0.2, -0.15) is 18.3 Å². The lowest BCUT2D eigenvalue weighted by atomic mass is 10.1. The molecule has 14 rings (SSSR count). The van der Waals surface area contributed by atoms with Crippen LogP contribution in [0.4, 0.5) is 22.7 Å². The molecule has 0 unspecified atom stereocenters. The van der Waals surface area contributed by atoms with Crippen molar-refractivity contribution in [3.63, 3.8) is 0 Å². The van der Waals surface area contributed by atoms with Crippen LogP contribution in [0, 0.1) is 6.92 Å². The first kappa shape index (κ1) is 53.9. The zero-order chi connectivity index (χ0) is 55.9. The summed E-state index contributed by atoms with van der Waals surface area (Å²) >= 11 is 1.74. The van der Waals surface area contributed by atoms with E-state index in [1.807, 2.05) is 162 Å². The highest BCUT2D eigenvalue weighted by Crippen LogP contribution is 2.39. The van der Waals surface area contributed by atoms with E-state index >= 15 is 0 Å². The van der Waals surface area contributed by atoms with Crippen molar-refractivity contribution in [3.8, 4) is 34.5 Å². The molecule has 0 fully saturated rings. The molecule has 4 aliphatic heterocycles. The van der Waals surface area contributed by atoms with Crippen LogP contribution >= 0.6 is 11.8 Å². The normalized spacial score (nSPS) is 13.1. The van der Waals surface area contributed by atoms with E-state index in [1.54, 1.807) is 24.8 Å². The summed E-state index contributed by atoms with van der Waals surface area (Å²) in [5, 5.41) is 0. The van der Waals surface area contributed by atoms with Crippen LogP contribution in [0.1, 0.15) is 45.1 Å². The van der Waals surface area contributed by atoms with Crippen LogP contribution in [0.3, 0.4) is 0 Å². The third-order valence-corrected chi connectivity index (χ3v) is 14.6. The number of rotatable bonds is 9. The number of carbonyl (C=O) groups excluding carboxylic acids is 1. The molecule has 10 nitrogen and oxygen atoms in total. The first-order chi connectivity index (χ1) is 40.4. The van der Waals surface area contributed by atoms with Crippen LogP contribution in [-0.4, -0.2) is 75.9 Å². The maximum Gasteiger partial charge on any atom is 0.292 e. The molecule has 0 radical (unpaired) electrons. The Labute approximate surface area is 482 Å². The number of hydrogen-bond donors (Lipinski definition) is 0. The fraction of sp³-hybridized carbons (Fsp3) is 0.0845. The molecule has 10 aromatic carbocycles. The standard InChI is InChI=1S/C20H16NO2.C20H16NOS.C16H14NO2.C15H14NO/c2*1-3-9-17(10-4-1)21-14-16-8-7-13-19(20(16)22-15-21)23-18-11-5-2-6-12-18;1-12(18)15-9-5-6-13-10-17(11-19-16(13)15)14-7-3-2-4-8-14;1-12-6-5-7-13-10-16(11-17-15(12)13)14-8-3-2-4-9-14/h2*1-14H,15H2;2-10H,11H2,1H3;2-10H,11H2,1H3/q4*+1. The zero-order valence-electron chi connectivity index (χ0n) is 45.5. The van der Waals surface area contributed by atoms with Crippen LogP contribution in [0.2, 0.25) is 0 Å². The highest BCUT2D eigenvalue weighted by atomic mass is 32.2. The molecule has 4 heterocycles. The minimum atomic E-state index is 0.0263. The molecule has 0 aromatic heterocycles. The molecule has 0 saturated carbocycles. The van der Waals surface area contributed by atoms with Crippen LogP contribution in [0.5, 0.6) is 34.5 Å². The van der Waals surface area contributed by atoms with E-state index in [1.165, 1.54) is 10.5 Å². The van der Waals surface area contributed by atoms with Crippen molar-refractivity contribution in [2.24, 2.45) is 0 Å². The summed E-state index contributed by atoms with van der Waals surface area (Å²) in [7, 11) is 0. The van der Waals surface area contributed by atoms with Crippen molar-refractivity contribution < 1.29 is 46.8 Å². The summed E-state index contributed by atoms with van der Waals surface area (Å²) < 4.78 is 37.9. The Morgan fingerprint density at radius 3 is 1.23 bits per heavy atom. The molecule has 0 aliphatic carbocycles. The zero-order valence-corrected chi connectivity index (χ0v) is 46.3. The van der Waals surface area contributed by atoms with Crippen molar-refractivity contribution in [2.75, 3.05) is 26.9 Å². The summed E-state index contributed by atoms with van der Waals surface area (Å²) in [4.78, 5) is 13.9. The summed E-state index contributed by atoms with van der Waals surface area (Å²) in [5.41, 5.74) is 10.5. The molecule has 4 aliphatic rings. The smallest absolute Gasteiger partial charge is 0.292 e. The fourth-order valence-electron chi connectivity index (χ4n) is 9.47. The number of Topliss-reactive ketones (excluding diaryl/α,β-unsaturated/α-hetero) is 1. The number of fused-ring (bicyclic) bond motifs is 4. The lowest BCUT2D eigenvalue weighted by Crippen LogP contribution is -2.22. The highest BCUT2D eigenvalue weighted by Gasteiger charge is 2.26. The third-order valence-electron chi connectivity index (χ3n) is 13.6. The number of nitrogens with zero attached hydrogens (tertiary/aromatic N) is 4. The quantitative estimate of drug-likeness (QED) is 0.105. The number of carbonyl (C=O) groups is 1. The van der Waals surface area contributed by atoms with E-state index in [-0.39, 0.29) is 5.78 Å². The van der Waals surface area contributed by atoms with Crippen molar-refractivity contribution in [3.05, 3.63) is 288 Å². The second-order valence-corrected chi connectivity index (χ2v) is 20.4. The van der Waals surface area contributed by atoms with Gasteiger partial charge in [-0.25, -0.2) is 0 Å². The fourth-order valence-corrected chi connectivity index (χ4v) is 10.4. The lowest BCUT2D eigenvalue weighted by molar-refractivity contribution is -0.476. The summed E-state index contributed by atoms with van der Waals surface area (Å²) in [6, 6.07) is 84.9. The monoisotopic (exact) mass is 1100 g/mol. The molecule has 0 atom stereocenters. The molecule has 402 valence electrons. The SMILES string of the molecule is C1=[N+](c2ccccc2)COc2c1cccc2Oc1ccccc1.C1=[N+](c2ccccc2)COc2c1cccc2Sc1ccccc1.CC(=O)c1cccc2c1OC[N+](c1ccccc1)=C2.Cc1cccc2c1OC[N+](c1ccccc1)=C2. The second-order valence-electron chi connectivity index (χ2n) is 19.3. The van der Waals surface area contributed by atoms with Crippen molar-refractivity contribution >= 4 is 65.2 Å². The van der Waals surface area contributed by atoms with Gasteiger partial charge in [-0.1, -0.05) is 151 Å². The van der Waals surface area contributed by atoms with Gasteiger partial charge in [0.15, 0.2) is 53.6 Å². The number of ketones is 1. The minimum Gasteiger partial charge on any atom is -0.453 e. The number of benzene rings is 10. The van der Waals surface area contributed by atoms with Gasteiger partial charge in [0.25, 0.3) is 26.9 Å². The molecular weight excluding hydrogens is 1040 g/mol. The Hall–Kier alpha value is -10.1. The Balaban J connectivity index is 0.000000116. The van der Waals surface area contributed by atoms with E-state index in [9.17, 15) is 4.79 Å². The summed E-state index contributed by atoms with van der Waals surface area (Å²) in [5.74, 6) is 4.99. The topological polar surface area (TPSA) is 75.3 Å². The van der Waals surface area contributed by atoms with Gasteiger partial charge in [0, 0.05) is 53.4 Å². The Morgan fingerprint density at radius 2 is 0.744 bits per heavy atom. The number of aryl methyl sites for hydroxylation is 1. The largest absolute Gasteiger partial charge is 0.453 e. The van der Waals surface area contributed by atoms with Gasteiger partial charge >= 0.3 is 0 Å².